The molecule has 0 aliphatic carbocycles. The lowest BCUT2D eigenvalue weighted by Crippen LogP contribution is -2.02. The van der Waals surface area contributed by atoms with Crippen LogP contribution in [0.25, 0.3) is 0 Å². The number of nitrogens with one attached hydrogen (secondary N) is 1. The van der Waals surface area contributed by atoms with E-state index in [1.54, 1.807) is 0 Å². The number of halogens is 1. The van der Waals surface area contributed by atoms with E-state index in [9.17, 15) is 0 Å². The second-order valence-electron chi connectivity index (χ2n) is 3.69. The van der Waals surface area contributed by atoms with Gasteiger partial charge in [0, 0.05) is 23.3 Å². The molecule has 0 bridgehead atoms. The molecule has 15 heavy (non-hydrogen) atoms. The number of rotatable bonds is 6. The van der Waals surface area contributed by atoms with E-state index in [0.29, 0.717) is 6.61 Å². The average molecular weight is 272 g/mol. The molecule has 0 atom stereocenters. The molecule has 0 aromatic heterocycles. The molecule has 0 aliphatic heterocycles. The maximum absolute atomic E-state index is 8.63. The Hall–Kier alpha value is -0.540. The number of anilines is 1. The normalized spacial score (nSPS) is 10.3. The summed E-state index contributed by atoms with van der Waals surface area (Å²) < 4.78 is 1.12. The molecule has 1 aromatic carbocycles. The zero-order valence-corrected chi connectivity index (χ0v) is 10.7. The molecular formula is C12H18BrNO. The van der Waals surface area contributed by atoms with E-state index in [-0.39, 0.29) is 0 Å². The van der Waals surface area contributed by atoms with Crippen LogP contribution in [0.1, 0.15) is 24.8 Å². The number of aryl methyl sites for hydroxylation is 1. The molecule has 0 saturated carbocycles. The van der Waals surface area contributed by atoms with Gasteiger partial charge in [-0.1, -0.05) is 6.07 Å². The summed E-state index contributed by atoms with van der Waals surface area (Å²) in [4.78, 5) is 0. The molecule has 0 radical (unpaired) electrons. The van der Waals surface area contributed by atoms with Crippen molar-refractivity contribution in [1.29, 1.82) is 0 Å². The standard InChI is InChI=1S/C12H18BrNO/c1-10-5-6-12(11(13)9-10)14-7-3-2-4-8-15/h5-6,9,14-15H,2-4,7-8H2,1H3. The van der Waals surface area contributed by atoms with E-state index < -0.39 is 0 Å². The summed E-state index contributed by atoms with van der Waals surface area (Å²) >= 11 is 3.53. The Morgan fingerprint density at radius 2 is 2.07 bits per heavy atom. The van der Waals surface area contributed by atoms with Gasteiger partial charge in [-0.05, 0) is 59.8 Å². The van der Waals surface area contributed by atoms with Crippen LogP contribution in [-0.4, -0.2) is 18.3 Å². The topological polar surface area (TPSA) is 32.3 Å². The van der Waals surface area contributed by atoms with E-state index in [1.165, 1.54) is 5.56 Å². The van der Waals surface area contributed by atoms with Crippen LogP contribution in [0, 0.1) is 6.92 Å². The molecule has 0 saturated heterocycles. The highest BCUT2D eigenvalue weighted by Crippen LogP contribution is 2.23. The van der Waals surface area contributed by atoms with E-state index in [0.717, 1.165) is 36.0 Å². The van der Waals surface area contributed by atoms with Gasteiger partial charge in [0.1, 0.15) is 0 Å². The summed E-state index contributed by atoms with van der Waals surface area (Å²) in [5, 5.41) is 12.0. The van der Waals surface area contributed by atoms with Gasteiger partial charge in [-0.2, -0.15) is 0 Å². The van der Waals surface area contributed by atoms with Crippen molar-refractivity contribution in [2.45, 2.75) is 26.2 Å². The zero-order valence-electron chi connectivity index (χ0n) is 9.09. The maximum atomic E-state index is 8.63. The quantitative estimate of drug-likeness (QED) is 0.778. The predicted octanol–water partition coefficient (Wildman–Crippen LogP) is 3.33. The Kier molecular flexibility index (Phi) is 5.73. The first-order valence-electron chi connectivity index (χ1n) is 5.35. The van der Waals surface area contributed by atoms with E-state index in [4.69, 9.17) is 5.11 Å². The molecule has 0 unspecified atom stereocenters. The van der Waals surface area contributed by atoms with Crippen molar-refractivity contribution < 1.29 is 5.11 Å². The highest BCUT2D eigenvalue weighted by Gasteiger charge is 1.98. The third-order valence-electron chi connectivity index (χ3n) is 2.27. The zero-order chi connectivity index (χ0) is 11.1. The highest BCUT2D eigenvalue weighted by molar-refractivity contribution is 9.10. The number of aliphatic hydroxyl groups is 1. The van der Waals surface area contributed by atoms with Crippen molar-refractivity contribution in [2.75, 3.05) is 18.5 Å². The molecule has 2 nitrogen and oxygen atoms in total. The summed E-state index contributed by atoms with van der Waals surface area (Å²) in [6.07, 6.45) is 3.07. The smallest absolute Gasteiger partial charge is 0.0484 e. The Morgan fingerprint density at radius 1 is 1.27 bits per heavy atom. The maximum Gasteiger partial charge on any atom is 0.0484 e. The number of benzene rings is 1. The summed E-state index contributed by atoms with van der Waals surface area (Å²) in [5.41, 5.74) is 2.40. The van der Waals surface area contributed by atoms with Gasteiger partial charge in [0.15, 0.2) is 0 Å². The van der Waals surface area contributed by atoms with Crippen LogP contribution < -0.4 is 5.32 Å². The van der Waals surface area contributed by atoms with Gasteiger partial charge >= 0.3 is 0 Å². The Labute approximate surface area is 99.8 Å². The molecule has 0 fully saturated rings. The van der Waals surface area contributed by atoms with Crippen molar-refractivity contribution in [2.24, 2.45) is 0 Å². The number of hydrogen-bond donors (Lipinski definition) is 2. The first kappa shape index (κ1) is 12.5. The first-order valence-corrected chi connectivity index (χ1v) is 6.14. The van der Waals surface area contributed by atoms with E-state index in [2.05, 4.69) is 46.4 Å². The van der Waals surface area contributed by atoms with Gasteiger partial charge in [-0.15, -0.1) is 0 Å². The van der Waals surface area contributed by atoms with E-state index >= 15 is 0 Å². The van der Waals surface area contributed by atoms with Crippen LogP contribution in [0.15, 0.2) is 22.7 Å². The van der Waals surface area contributed by atoms with Gasteiger partial charge < -0.3 is 10.4 Å². The third-order valence-corrected chi connectivity index (χ3v) is 2.93. The molecule has 0 spiro atoms. The van der Waals surface area contributed by atoms with Crippen molar-refractivity contribution >= 4 is 21.6 Å². The SMILES string of the molecule is Cc1ccc(NCCCCCO)c(Br)c1. The van der Waals surface area contributed by atoms with Crippen molar-refractivity contribution in [3.05, 3.63) is 28.2 Å². The molecule has 84 valence electrons. The lowest BCUT2D eigenvalue weighted by molar-refractivity contribution is 0.283. The van der Waals surface area contributed by atoms with Crippen molar-refractivity contribution in [1.82, 2.24) is 0 Å². The Bertz CT molecular complexity index is 302. The Balaban J connectivity index is 2.31. The molecular weight excluding hydrogens is 254 g/mol. The molecule has 0 amide bonds. The molecule has 0 aliphatic rings. The minimum Gasteiger partial charge on any atom is -0.396 e. The second-order valence-corrected chi connectivity index (χ2v) is 4.55. The lowest BCUT2D eigenvalue weighted by atomic mass is 10.2. The second kappa shape index (κ2) is 6.85. The largest absolute Gasteiger partial charge is 0.396 e. The fourth-order valence-electron chi connectivity index (χ4n) is 1.40. The van der Waals surface area contributed by atoms with Gasteiger partial charge in [0.2, 0.25) is 0 Å². The van der Waals surface area contributed by atoms with Crippen LogP contribution in [0.2, 0.25) is 0 Å². The van der Waals surface area contributed by atoms with Crippen molar-refractivity contribution in [3.8, 4) is 0 Å². The summed E-state index contributed by atoms with van der Waals surface area (Å²) in [6, 6.07) is 6.29. The van der Waals surface area contributed by atoms with Gasteiger partial charge in [0.05, 0.1) is 0 Å². The molecule has 1 rings (SSSR count). The average Bonchev–Trinajstić information content (AvgIpc) is 2.20. The van der Waals surface area contributed by atoms with Gasteiger partial charge in [-0.25, -0.2) is 0 Å². The van der Waals surface area contributed by atoms with Crippen LogP contribution in [0.4, 0.5) is 5.69 Å². The number of aliphatic hydroxyl groups excluding tert-OH is 1. The molecule has 2 N–H and O–H groups in total. The lowest BCUT2D eigenvalue weighted by Gasteiger charge is -2.08. The summed E-state index contributed by atoms with van der Waals surface area (Å²) in [6.45, 7) is 3.34. The van der Waals surface area contributed by atoms with Crippen LogP contribution in [-0.2, 0) is 0 Å². The first-order chi connectivity index (χ1) is 7.24. The Morgan fingerprint density at radius 3 is 2.73 bits per heavy atom. The predicted molar refractivity (Wildman–Crippen MR) is 68.3 cm³/mol. The molecule has 3 heteroatoms. The molecule has 0 heterocycles. The number of unbranched alkanes of at least 4 members (excludes halogenated alkanes) is 2. The van der Waals surface area contributed by atoms with Gasteiger partial charge in [-0.3, -0.25) is 0 Å². The van der Waals surface area contributed by atoms with Gasteiger partial charge in [0.25, 0.3) is 0 Å². The van der Waals surface area contributed by atoms with E-state index in [1.807, 2.05) is 0 Å². The van der Waals surface area contributed by atoms with Crippen molar-refractivity contribution in [3.63, 3.8) is 0 Å². The number of hydrogen-bond acceptors (Lipinski definition) is 2. The minimum atomic E-state index is 0.300. The highest BCUT2D eigenvalue weighted by atomic mass is 79.9. The summed E-state index contributed by atoms with van der Waals surface area (Å²) in [5.74, 6) is 0. The third kappa shape index (κ3) is 4.67. The van der Waals surface area contributed by atoms with Crippen LogP contribution in [0.5, 0.6) is 0 Å². The summed E-state index contributed by atoms with van der Waals surface area (Å²) in [7, 11) is 0. The fourth-order valence-corrected chi connectivity index (χ4v) is 2.03. The monoisotopic (exact) mass is 271 g/mol. The molecule has 1 aromatic rings. The van der Waals surface area contributed by atoms with Crippen LogP contribution >= 0.6 is 15.9 Å². The van der Waals surface area contributed by atoms with Crippen LogP contribution in [0.3, 0.4) is 0 Å². The fraction of sp³-hybridized carbons (Fsp3) is 0.500. The minimum absolute atomic E-state index is 0.300.